The van der Waals surface area contributed by atoms with E-state index in [9.17, 15) is 4.79 Å². The van der Waals surface area contributed by atoms with E-state index < -0.39 is 0 Å². The van der Waals surface area contributed by atoms with Gasteiger partial charge in [-0.2, -0.15) is 5.10 Å². The fourth-order valence-electron chi connectivity index (χ4n) is 1.96. The first-order valence-electron chi connectivity index (χ1n) is 5.85. The molecule has 0 saturated heterocycles. The smallest absolute Gasteiger partial charge is 0.267 e. The summed E-state index contributed by atoms with van der Waals surface area (Å²) in [6.07, 6.45) is 0. The highest BCUT2D eigenvalue weighted by Gasteiger charge is 2.15. The average molecular weight is 230 g/mol. The lowest BCUT2D eigenvalue weighted by molar-refractivity contribution is 0.317. The molecule has 0 aliphatic heterocycles. The van der Waals surface area contributed by atoms with E-state index >= 15 is 0 Å². The zero-order chi connectivity index (χ0) is 12.6. The van der Waals surface area contributed by atoms with Crippen LogP contribution in [0, 0.1) is 12.3 Å². The monoisotopic (exact) mass is 230 g/mol. The Balaban J connectivity index is 2.68. The Morgan fingerprint density at radius 3 is 2.35 bits per heavy atom. The summed E-state index contributed by atoms with van der Waals surface area (Å²) in [5.74, 6) is 0. The molecule has 0 aliphatic carbocycles. The number of rotatable bonds is 1. The molecule has 2 aromatic rings. The number of hydrogen-bond donors (Lipinski definition) is 0. The Hall–Kier alpha value is -1.64. The minimum absolute atomic E-state index is 0.00104. The second-order valence-electron chi connectivity index (χ2n) is 5.65. The molecule has 0 amide bonds. The fraction of sp³-hybridized carbons (Fsp3) is 0.429. The van der Waals surface area contributed by atoms with Crippen molar-refractivity contribution in [2.45, 2.75) is 34.2 Å². The Labute approximate surface area is 101 Å². The van der Waals surface area contributed by atoms with Crippen molar-refractivity contribution in [3.63, 3.8) is 0 Å². The summed E-state index contributed by atoms with van der Waals surface area (Å²) in [6, 6.07) is 7.64. The maximum absolute atomic E-state index is 12.3. The van der Waals surface area contributed by atoms with Gasteiger partial charge in [0.2, 0.25) is 0 Å². The van der Waals surface area contributed by atoms with Crippen LogP contribution in [0.1, 0.15) is 26.5 Å². The topological polar surface area (TPSA) is 34.9 Å². The van der Waals surface area contributed by atoms with Gasteiger partial charge >= 0.3 is 0 Å². The van der Waals surface area contributed by atoms with Gasteiger partial charge in [-0.05, 0) is 18.4 Å². The number of aryl methyl sites for hydroxylation is 1. The van der Waals surface area contributed by atoms with Crippen molar-refractivity contribution >= 4 is 10.8 Å². The lowest BCUT2D eigenvalue weighted by Gasteiger charge is -2.19. The standard InChI is InChI=1S/C14H18N2O/c1-10-11-7-5-6-8-12(11)13(17)16(15-10)9-14(2,3)4/h5-8H,9H2,1-4H3. The van der Waals surface area contributed by atoms with Crippen LogP contribution < -0.4 is 5.56 Å². The highest BCUT2D eigenvalue weighted by atomic mass is 16.1. The molecular formula is C14H18N2O. The third kappa shape index (κ3) is 2.38. The molecule has 3 heteroatoms. The van der Waals surface area contributed by atoms with E-state index in [4.69, 9.17) is 0 Å². The van der Waals surface area contributed by atoms with Crippen molar-refractivity contribution < 1.29 is 0 Å². The van der Waals surface area contributed by atoms with Crippen molar-refractivity contribution in [1.29, 1.82) is 0 Å². The lowest BCUT2D eigenvalue weighted by Crippen LogP contribution is -2.29. The van der Waals surface area contributed by atoms with Gasteiger partial charge in [-0.15, -0.1) is 0 Å². The molecular weight excluding hydrogens is 212 g/mol. The Morgan fingerprint density at radius 2 is 1.76 bits per heavy atom. The zero-order valence-electron chi connectivity index (χ0n) is 10.8. The Morgan fingerprint density at radius 1 is 1.18 bits per heavy atom. The van der Waals surface area contributed by atoms with Gasteiger partial charge in [0.1, 0.15) is 0 Å². The highest BCUT2D eigenvalue weighted by molar-refractivity contribution is 5.83. The molecule has 3 nitrogen and oxygen atoms in total. The molecule has 0 unspecified atom stereocenters. The van der Waals surface area contributed by atoms with Gasteiger partial charge in [0, 0.05) is 11.9 Å². The molecule has 2 rings (SSSR count). The van der Waals surface area contributed by atoms with Crippen molar-refractivity contribution in [3.05, 3.63) is 40.3 Å². The van der Waals surface area contributed by atoms with Crippen LogP contribution in [-0.4, -0.2) is 9.78 Å². The molecule has 0 aliphatic rings. The van der Waals surface area contributed by atoms with Crippen LogP contribution in [0.4, 0.5) is 0 Å². The quantitative estimate of drug-likeness (QED) is 0.755. The molecule has 0 saturated carbocycles. The molecule has 17 heavy (non-hydrogen) atoms. The first kappa shape index (κ1) is 11.8. The maximum atomic E-state index is 12.3. The highest BCUT2D eigenvalue weighted by Crippen LogP contribution is 2.17. The summed E-state index contributed by atoms with van der Waals surface area (Å²) >= 11 is 0. The largest absolute Gasteiger partial charge is 0.274 e. The number of benzene rings is 1. The van der Waals surface area contributed by atoms with Crippen LogP contribution in [0.25, 0.3) is 10.8 Å². The summed E-state index contributed by atoms with van der Waals surface area (Å²) < 4.78 is 1.58. The van der Waals surface area contributed by atoms with E-state index in [0.717, 1.165) is 16.5 Å². The predicted octanol–water partition coefficient (Wildman–Crippen LogP) is 2.75. The van der Waals surface area contributed by atoms with E-state index in [-0.39, 0.29) is 11.0 Å². The first-order valence-corrected chi connectivity index (χ1v) is 5.85. The molecule has 0 spiro atoms. The lowest BCUT2D eigenvalue weighted by atomic mass is 9.97. The Kier molecular flexibility index (Phi) is 2.77. The molecule has 0 atom stereocenters. The van der Waals surface area contributed by atoms with Gasteiger partial charge in [0.15, 0.2) is 0 Å². The number of aromatic nitrogens is 2. The van der Waals surface area contributed by atoms with Gasteiger partial charge in [-0.3, -0.25) is 4.79 Å². The summed E-state index contributed by atoms with van der Waals surface area (Å²) in [5, 5.41) is 6.09. The third-order valence-electron chi connectivity index (χ3n) is 2.68. The molecule has 0 fully saturated rings. The normalized spacial score (nSPS) is 12.0. The van der Waals surface area contributed by atoms with Gasteiger partial charge in [-0.25, -0.2) is 4.68 Å². The van der Waals surface area contributed by atoms with Gasteiger partial charge in [0.25, 0.3) is 5.56 Å². The molecule has 0 N–H and O–H groups in total. The number of hydrogen-bond acceptors (Lipinski definition) is 2. The average Bonchev–Trinajstić information content (AvgIpc) is 2.24. The van der Waals surface area contributed by atoms with Crippen molar-refractivity contribution in [1.82, 2.24) is 9.78 Å². The van der Waals surface area contributed by atoms with Crippen LogP contribution in [0.15, 0.2) is 29.1 Å². The molecule has 1 aromatic heterocycles. The second-order valence-corrected chi connectivity index (χ2v) is 5.65. The summed E-state index contributed by atoms with van der Waals surface area (Å²) in [6.45, 7) is 8.89. The van der Waals surface area contributed by atoms with Crippen LogP contribution in [-0.2, 0) is 6.54 Å². The van der Waals surface area contributed by atoms with E-state index in [1.165, 1.54) is 0 Å². The third-order valence-corrected chi connectivity index (χ3v) is 2.68. The molecule has 1 heterocycles. The van der Waals surface area contributed by atoms with Gasteiger partial charge in [-0.1, -0.05) is 39.0 Å². The van der Waals surface area contributed by atoms with E-state index in [0.29, 0.717) is 6.54 Å². The van der Waals surface area contributed by atoms with Crippen molar-refractivity contribution in [2.75, 3.05) is 0 Å². The Bertz CT molecular complexity index is 606. The second kappa shape index (κ2) is 3.99. The molecule has 0 radical (unpaired) electrons. The molecule has 1 aromatic carbocycles. The minimum Gasteiger partial charge on any atom is -0.267 e. The first-order chi connectivity index (χ1) is 7.88. The molecule has 90 valence electrons. The van der Waals surface area contributed by atoms with Crippen LogP contribution >= 0.6 is 0 Å². The number of fused-ring (bicyclic) bond motifs is 1. The van der Waals surface area contributed by atoms with Crippen LogP contribution in [0.2, 0.25) is 0 Å². The molecule has 0 bridgehead atoms. The van der Waals surface area contributed by atoms with Gasteiger partial charge in [0.05, 0.1) is 11.1 Å². The SMILES string of the molecule is Cc1nn(CC(C)(C)C)c(=O)c2ccccc12. The van der Waals surface area contributed by atoms with Crippen molar-refractivity contribution in [3.8, 4) is 0 Å². The maximum Gasteiger partial charge on any atom is 0.274 e. The summed E-state index contributed by atoms with van der Waals surface area (Å²) in [4.78, 5) is 12.3. The number of nitrogens with zero attached hydrogens (tertiary/aromatic N) is 2. The summed E-state index contributed by atoms with van der Waals surface area (Å²) in [5.41, 5.74) is 0.955. The van der Waals surface area contributed by atoms with Gasteiger partial charge < -0.3 is 0 Å². The predicted molar refractivity (Wildman–Crippen MR) is 70.2 cm³/mol. The zero-order valence-corrected chi connectivity index (χ0v) is 10.8. The summed E-state index contributed by atoms with van der Waals surface area (Å²) in [7, 11) is 0. The van der Waals surface area contributed by atoms with E-state index in [2.05, 4.69) is 25.9 Å². The van der Waals surface area contributed by atoms with E-state index in [1.807, 2.05) is 31.2 Å². The van der Waals surface area contributed by atoms with E-state index in [1.54, 1.807) is 4.68 Å². The van der Waals surface area contributed by atoms with Crippen LogP contribution in [0.3, 0.4) is 0 Å². The minimum atomic E-state index is 0.00104. The van der Waals surface area contributed by atoms with Crippen LogP contribution in [0.5, 0.6) is 0 Å². The van der Waals surface area contributed by atoms with Crippen molar-refractivity contribution in [2.24, 2.45) is 5.41 Å². The fourth-order valence-corrected chi connectivity index (χ4v) is 1.96.